The molecule has 0 aliphatic heterocycles. The van der Waals surface area contributed by atoms with Crippen molar-refractivity contribution in [2.45, 2.75) is 26.2 Å². The van der Waals surface area contributed by atoms with Crippen molar-refractivity contribution in [3.63, 3.8) is 0 Å². The molecular weight excluding hydrogens is 280 g/mol. The Morgan fingerprint density at radius 2 is 2.18 bits per heavy atom. The lowest BCUT2D eigenvalue weighted by molar-refractivity contribution is -0.126. The highest BCUT2D eigenvalue weighted by Crippen LogP contribution is 2.41. The van der Waals surface area contributed by atoms with Gasteiger partial charge in [0.1, 0.15) is 5.41 Å². The fourth-order valence-electron chi connectivity index (χ4n) is 1.98. The second kappa shape index (κ2) is 4.50. The summed E-state index contributed by atoms with van der Waals surface area (Å²) < 4.78 is 0.924. The van der Waals surface area contributed by atoms with E-state index in [1.165, 1.54) is 0 Å². The Morgan fingerprint density at radius 1 is 1.47 bits per heavy atom. The third kappa shape index (κ3) is 2.34. The van der Waals surface area contributed by atoms with E-state index in [1.54, 1.807) is 0 Å². The number of anilines is 1. The zero-order valence-corrected chi connectivity index (χ0v) is 11.2. The SMILES string of the molecule is Cc1cc(Br)cc(NC(=O)C2(C#N)CCC2)c1. The van der Waals surface area contributed by atoms with Crippen LogP contribution in [0.15, 0.2) is 22.7 Å². The number of nitriles is 1. The van der Waals surface area contributed by atoms with Crippen LogP contribution in [0.2, 0.25) is 0 Å². The average molecular weight is 293 g/mol. The van der Waals surface area contributed by atoms with Crippen molar-refractivity contribution in [1.29, 1.82) is 5.26 Å². The Morgan fingerprint density at radius 3 is 2.65 bits per heavy atom. The molecule has 2 rings (SSSR count). The fraction of sp³-hybridized carbons (Fsp3) is 0.385. The Kier molecular flexibility index (Phi) is 3.21. The van der Waals surface area contributed by atoms with Gasteiger partial charge in [-0.25, -0.2) is 0 Å². The van der Waals surface area contributed by atoms with Gasteiger partial charge >= 0.3 is 0 Å². The Hall–Kier alpha value is -1.34. The topological polar surface area (TPSA) is 52.9 Å². The standard InChI is InChI=1S/C13H13BrN2O/c1-9-5-10(14)7-11(6-9)16-12(17)13(8-15)3-2-4-13/h5-7H,2-4H2,1H3,(H,16,17). The number of hydrogen-bond donors (Lipinski definition) is 1. The number of nitrogens with one attached hydrogen (secondary N) is 1. The molecule has 1 aromatic rings. The number of benzene rings is 1. The molecular formula is C13H13BrN2O. The summed E-state index contributed by atoms with van der Waals surface area (Å²) in [5, 5.41) is 11.9. The number of halogens is 1. The second-order valence-electron chi connectivity index (χ2n) is 4.52. The smallest absolute Gasteiger partial charge is 0.244 e. The number of hydrogen-bond acceptors (Lipinski definition) is 2. The van der Waals surface area contributed by atoms with Crippen LogP contribution in [0.4, 0.5) is 5.69 Å². The van der Waals surface area contributed by atoms with Crippen LogP contribution >= 0.6 is 15.9 Å². The van der Waals surface area contributed by atoms with Crippen LogP contribution in [0.3, 0.4) is 0 Å². The number of carbonyl (C=O) groups excluding carboxylic acids is 1. The zero-order chi connectivity index (χ0) is 12.5. The quantitative estimate of drug-likeness (QED) is 0.908. The van der Waals surface area contributed by atoms with Crippen LogP contribution in [0.5, 0.6) is 0 Å². The van der Waals surface area contributed by atoms with Crippen molar-refractivity contribution in [2.24, 2.45) is 5.41 Å². The molecule has 3 nitrogen and oxygen atoms in total. The molecule has 0 atom stereocenters. The van der Waals surface area contributed by atoms with E-state index in [0.717, 1.165) is 22.1 Å². The van der Waals surface area contributed by atoms with E-state index >= 15 is 0 Å². The van der Waals surface area contributed by atoms with E-state index in [4.69, 9.17) is 5.26 Å². The summed E-state index contributed by atoms with van der Waals surface area (Å²) in [6.07, 6.45) is 2.29. The van der Waals surface area contributed by atoms with Gasteiger partial charge in [0.2, 0.25) is 5.91 Å². The summed E-state index contributed by atoms with van der Waals surface area (Å²) in [7, 11) is 0. The van der Waals surface area contributed by atoms with Crippen molar-refractivity contribution in [3.8, 4) is 6.07 Å². The molecule has 4 heteroatoms. The van der Waals surface area contributed by atoms with Gasteiger partial charge in [0, 0.05) is 10.2 Å². The highest BCUT2D eigenvalue weighted by Gasteiger charge is 2.44. The van der Waals surface area contributed by atoms with E-state index < -0.39 is 5.41 Å². The summed E-state index contributed by atoms with van der Waals surface area (Å²) in [5.41, 5.74) is 1.01. The molecule has 1 aromatic carbocycles. The first-order valence-electron chi connectivity index (χ1n) is 5.56. The van der Waals surface area contributed by atoms with Crippen LogP contribution in [-0.2, 0) is 4.79 Å². The minimum absolute atomic E-state index is 0.177. The summed E-state index contributed by atoms with van der Waals surface area (Å²) in [6.45, 7) is 1.96. The normalized spacial score (nSPS) is 16.8. The maximum Gasteiger partial charge on any atom is 0.244 e. The molecule has 17 heavy (non-hydrogen) atoms. The number of aryl methyl sites for hydroxylation is 1. The lowest BCUT2D eigenvalue weighted by atomic mass is 9.69. The Labute approximate surface area is 109 Å². The number of carbonyl (C=O) groups is 1. The van der Waals surface area contributed by atoms with Crippen LogP contribution in [0.25, 0.3) is 0 Å². The molecule has 0 radical (unpaired) electrons. The van der Waals surface area contributed by atoms with Gasteiger partial charge in [-0.2, -0.15) is 5.26 Å². The van der Waals surface area contributed by atoms with Crippen LogP contribution in [0, 0.1) is 23.7 Å². The number of rotatable bonds is 2. The minimum Gasteiger partial charge on any atom is -0.325 e. The van der Waals surface area contributed by atoms with Gasteiger partial charge in [-0.1, -0.05) is 15.9 Å². The maximum atomic E-state index is 12.0. The van der Waals surface area contributed by atoms with Gasteiger partial charge in [0.05, 0.1) is 6.07 Å². The predicted molar refractivity (Wildman–Crippen MR) is 69.4 cm³/mol. The highest BCUT2D eigenvalue weighted by atomic mass is 79.9. The largest absolute Gasteiger partial charge is 0.325 e. The van der Waals surface area contributed by atoms with E-state index in [-0.39, 0.29) is 5.91 Å². The Balaban J connectivity index is 2.16. The summed E-state index contributed by atoms with van der Waals surface area (Å²) in [6, 6.07) is 7.85. The molecule has 1 saturated carbocycles. The van der Waals surface area contributed by atoms with Crippen LogP contribution < -0.4 is 5.32 Å². The molecule has 0 unspecified atom stereocenters. The monoisotopic (exact) mass is 292 g/mol. The van der Waals surface area contributed by atoms with Crippen molar-refractivity contribution in [2.75, 3.05) is 5.32 Å². The molecule has 0 bridgehead atoms. The fourth-order valence-corrected chi connectivity index (χ4v) is 2.59. The minimum atomic E-state index is -0.795. The third-order valence-corrected chi connectivity index (χ3v) is 3.61. The molecule has 1 amide bonds. The number of amides is 1. The molecule has 0 aromatic heterocycles. The summed E-state index contributed by atoms with van der Waals surface area (Å²) in [5.74, 6) is -0.177. The van der Waals surface area contributed by atoms with Gasteiger partial charge in [-0.05, 0) is 49.9 Å². The van der Waals surface area contributed by atoms with Crippen molar-refractivity contribution in [3.05, 3.63) is 28.2 Å². The first-order chi connectivity index (χ1) is 8.05. The first kappa shape index (κ1) is 12.1. The van der Waals surface area contributed by atoms with Crippen molar-refractivity contribution < 1.29 is 4.79 Å². The van der Waals surface area contributed by atoms with Gasteiger partial charge in [0.15, 0.2) is 0 Å². The van der Waals surface area contributed by atoms with E-state index in [0.29, 0.717) is 12.8 Å². The summed E-state index contributed by atoms with van der Waals surface area (Å²) in [4.78, 5) is 12.0. The van der Waals surface area contributed by atoms with Crippen LogP contribution in [-0.4, -0.2) is 5.91 Å². The number of nitrogens with zero attached hydrogens (tertiary/aromatic N) is 1. The highest BCUT2D eigenvalue weighted by molar-refractivity contribution is 9.10. The lowest BCUT2D eigenvalue weighted by Crippen LogP contribution is -2.40. The molecule has 1 fully saturated rings. The predicted octanol–water partition coefficient (Wildman–Crippen LogP) is 3.39. The summed E-state index contributed by atoms with van der Waals surface area (Å²) >= 11 is 3.39. The Bertz CT molecular complexity index is 480. The first-order valence-corrected chi connectivity index (χ1v) is 6.35. The maximum absolute atomic E-state index is 12.0. The van der Waals surface area contributed by atoms with Crippen LogP contribution in [0.1, 0.15) is 24.8 Å². The molecule has 0 heterocycles. The van der Waals surface area contributed by atoms with Crippen molar-refractivity contribution >= 4 is 27.5 Å². The van der Waals surface area contributed by atoms with Gasteiger partial charge in [0.25, 0.3) is 0 Å². The molecule has 1 N–H and O–H groups in total. The lowest BCUT2D eigenvalue weighted by Gasteiger charge is -2.33. The van der Waals surface area contributed by atoms with E-state index in [9.17, 15) is 4.79 Å². The molecule has 1 aliphatic carbocycles. The van der Waals surface area contributed by atoms with E-state index in [1.807, 2.05) is 25.1 Å². The van der Waals surface area contributed by atoms with E-state index in [2.05, 4.69) is 27.3 Å². The molecule has 88 valence electrons. The van der Waals surface area contributed by atoms with Gasteiger partial charge in [-0.15, -0.1) is 0 Å². The molecule has 1 aliphatic rings. The third-order valence-electron chi connectivity index (χ3n) is 3.16. The van der Waals surface area contributed by atoms with Gasteiger partial charge in [-0.3, -0.25) is 4.79 Å². The molecule has 0 saturated heterocycles. The van der Waals surface area contributed by atoms with Crippen molar-refractivity contribution in [1.82, 2.24) is 0 Å². The molecule has 0 spiro atoms. The second-order valence-corrected chi connectivity index (χ2v) is 5.43. The average Bonchev–Trinajstić information content (AvgIpc) is 2.14. The van der Waals surface area contributed by atoms with Gasteiger partial charge < -0.3 is 5.32 Å². The zero-order valence-electron chi connectivity index (χ0n) is 9.59.